The molecule has 3 heteroatoms. The summed E-state index contributed by atoms with van der Waals surface area (Å²) in [6, 6.07) is 2.48. The highest BCUT2D eigenvalue weighted by Crippen LogP contribution is 2.22. The van der Waals surface area contributed by atoms with E-state index in [2.05, 4.69) is 23.3 Å². The predicted octanol–water partition coefficient (Wildman–Crippen LogP) is 1.06. The average molecular weight is 166 g/mol. The Hall–Kier alpha value is -0.800. The van der Waals surface area contributed by atoms with Crippen LogP contribution in [0.1, 0.15) is 18.6 Å². The van der Waals surface area contributed by atoms with E-state index in [1.807, 2.05) is 12.4 Å². The molecular weight excluding hydrogens is 152 g/mol. The Bertz CT molecular complexity index is 233. The average Bonchev–Trinajstić information content (AvgIpc) is 2.57. The number of rotatable bonds is 1. The van der Waals surface area contributed by atoms with Gasteiger partial charge in [0.25, 0.3) is 0 Å². The number of hydrogen-bond donors (Lipinski definition) is 2. The van der Waals surface area contributed by atoms with Crippen LogP contribution >= 0.6 is 0 Å². The van der Waals surface area contributed by atoms with Gasteiger partial charge in [0.1, 0.15) is 0 Å². The summed E-state index contributed by atoms with van der Waals surface area (Å²) in [6.07, 6.45) is 4.14. The lowest BCUT2D eigenvalue weighted by molar-refractivity contribution is -0.000139. The Morgan fingerprint density at radius 2 is 2.50 bits per heavy atom. The summed E-state index contributed by atoms with van der Waals surface area (Å²) in [5.74, 6) is 0. The highest BCUT2D eigenvalue weighted by atomic mass is 16.5. The van der Waals surface area contributed by atoms with Crippen molar-refractivity contribution >= 4 is 0 Å². The monoisotopic (exact) mass is 166 g/mol. The first kappa shape index (κ1) is 7.83. The summed E-state index contributed by atoms with van der Waals surface area (Å²) in [5.41, 5.74) is 1.23. The van der Waals surface area contributed by atoms with Crippen molar-refractivity contribution < 1.29 is 4.74 Å². The fourth-order valence-electron chi connectivity index (χ4n) is 1.62. The van der Waals surface area contributed by atoms with E-state index < -0.39 is 0 Å². The van der Waals surface area contributed by atoms with Crippen LogP contribution in [0.2, 0.25) is 0 Å². The molecule has 1 aliphatic heterocycles. The number of aromatic nitrogens is 1. The summed E-state index contributed by atoms with van der Waals surface area (Å²) in [5, 5.41) is 3.38. The molecule has 2 atom stereocenters. The van der Waals surface area contributed by atoms with Gasteiger partial charge in [0, 0.05) is 25.0 Å². The van der Waals surface area contributed by atoms with Crippen LogP contribution in [0.4, 0.5) is 0 Å². The van der Waals surface area contributed by atoms with Crippen LogP contribution in [-0.2, 0) is 4.74 Å². The number of ether oxygens (including phenoxy) is 1. The molecule has 0 spiro atoms. The lowest BCUT2D eigenvalue weighted by Gasteiger charge is -2.29. The number of aromatic amines is 1. The summed E-state index contributed by atoms with van der Waals surface area (Å²) in [4.78, 5) is 3.04. The molecule has 1 saturated heterocycles. The Morgan fingerprint density at radius 3 is 3.17 bits per heavy atom. The number of nitrogens with one attached hydrogen (secondary N) is 2. The van der Waals surface area contributed by atoms with Crippen LogP contribution < -0.4 is 5.32 Å². The summed E-state index contributed by atoms with van der Waals surface area (Å²) >= 11 is 0. The number of H-pyrrole nitrogens is 1. The van der Waals surface area contributed by atoms with Crippen molar-refractivity contribution in [1.82, 2.24) is 10.3 Å². The van der Waals surface area contributed by atoms with Crippen molar-refractivity contribution in [2.75, 3.05) is 13.2 Å². The molecular formula is C9H14N2O. The molecule has 0 aromatic carbocycles. The second kappa shape index (κ2) is 3.29. The van der Waals surface area contributed by atoms with Gasteiger partial charge in [-0.05, 0) is 18.6 Å². The van der Waals surface area contributed by atoms with E-state index in [-0.39, 0.29) is 6.10 Å². The van der Waals surface area contributed by atoms with Crippen molar-refractivity contribution in [2.24, 2.45) is 0 Å². The maximum absolute atomic E-state index is 5.65. The lowest BCUT2D eigenvalue weighted by atomic mass is 10.1. The van der Waals surface area contributed by atoms with E-state index in [0.717, 1.165) is 13.2 Å². The third-order valence-corrected chi connectivity index (χ3v) is 2.27. The molecule has 0 radical (unpaired) electrons. The molecule has 0 saturated carbocycles. The fourth-order valence-corrected chi connectivity index (χ4v) is 1.62. The number of hydrogen-bond acceptors (Lipinski definition) is 2. The summed E-state index contributed by atoms with van der Waals surface area (Å²) in [7, 11) is 0. The van der Waals surface area contributed by atoms with Gasteiger partial charge in [0.15, 0.2) is 0 Å². The minimum atomic E-state index is 0.213. The maximum Gasteiger partial charge on any atom is 0.0990 e. The normalized spacial score (nSPS) is 30.4. The zero-order valence-corrected chi connectivity index (χ0v) is 7.21. The molecule has 0 bridgehead atoms. The first-order valence-electron chi connectivity index (χ1n) is 4.35. The molecule has 1 fully saturated rings. The van der Waals surface area contributed by atoms with Crippen LogP contribution in [0.25, 0.3) is 0 Å². The zero-order valence-electron chi connectivity index (χ0n) is 7.21. The quantitative estimate of drug-likeness (QED) is 0.654. The third-order valence-electron chi connectivity index (χ3n) is 2.27. The van der Waals surface area contributed by atoms with Gasteiger partial charge in [-0.15, -0.1) is 0 Å². The summed E-state index contributed by atoms with van der Waals surface area (Å²) < 4.78 is 5.65. The first-order chi connectivity index (χ1) is 5.88. The van der Waals surface area contributed by atoms with Gasteiger partial charge in [0.05, 0.1) is 12.7 Å². The van der Waals surface area contributed by atoms with Crippen molar-refractivity contribution in [3.8, 4) is 0 Å². The molecule has 1 aromatic heterocycles. The topological polar surface area (TPSA) is 37.0 Å². The van der Waals surface area contributed by atoms with E-state index >= 15 is 0 Å². The zero-order chi connectivity index (χ0) is 8.39. The summed E-state index contributed by atoms with van der Waals surface area (Å²) in [6.45, 7) is 3.92. The second-order valence-corrected chi connectivity index (χ2v) is 3.18. The van der Waals surface area contributed by atoms with Gasteiger partial charge in [-0.3, -0.25) is 0 Å². The molecule has 66 valence electrons. The molecule has 1 aliphatic rings. The van der Waals surface area contributed by atoms with E-state index in [4.69, 9.17) is 4.74 Å². The molecule has 0 amide bonds. The Labute approximate surface area is 72.1 Å². The highest BCUT2D eigenvalue weighted by Gasteiger charge is 2.22. The van der Waals surface area contributed by atoms with Gasteiger partial charge in [0.2, 0.25) is 0 Å². The van der Waals surface area contributed by atoms with Gasteiger partial charge in [-0.2, -0.15) is 0 Å². The Balaban J connectivity index is 2.11. The third kappa shape index (κ3) is 1.38. The Morgan fingerprint density at radius 1 is 1.58 bits per heavy atom. The van der Waals surface area contributed by atoms with Gasteiger partial charge in [-0.1, -0.05) is 0 Å². The maximum atomic E-state index is 5.65. The van der Waals surface area contributed by atoms with Crippen LogP contribution in [0.3, 0.4) is 0 Å². The number of morpholine rings is 1. The van der Waals surface area contributed by atoms with Crippen molar-refractivity contribution in [2.45, 2.75) is 19.1 Å². The lowest BCUT2D eigenvalue weighted by Crippen LogP contribution is -2.41. The minimum absolute atomic E-state index is 0.213. The largest absolute Gasteiger partial charge is 0.371 e. The van der Waals surface area contributed by atoms with Crippen LogP contribution in [0, 0.1) is 0 Å². The second-order valence-electron chi connectivity index (χ2n) is 3.18. The molecule has 2 heterocycles. The van der Waals surface area contributed by atoms with Gasteiger partial charge >= 0.3 is 0 Å². The highest BCUT2D eigenvalue weighted by molar-refractivity contribution is 5.14. The van der Waals surface area contributed by atoms with E-state index in [0.29, 0.717) is 6.04 Å². The van der Waals surface area contributed by atoms with E-state index in [9.17, 15) is 0 Å². The molecule has 3 nitrogen and oxygen atoms in total. The molecule has 1 aromatic rings. The molecule has 2 rings (SSSR count). The predicted molar refractivity (Wildman–Crippen MR) is 47.0 cm³/mol. The molecule has 2 unspecified atom stereocenters. The molecule has 0 aliphatic carbocycles. The van der Waals surface area contributed by atoms with E-state index in [1.165, 1.54) is 5.56 Å². The SMILES string of the molecule is CC1NCCOC1c1cc[nH]c1. The van der Waals surface area contributed by atoms with Crippen molar-refractivity contribution in [1.29, 1.82) is 0 Å². The smallest absolute Gasteiger partial charge is 0.0990 e. The van der Waals surface area contributed by atoms with Crippen LogP contribution in [-0.4, -0.2) is 24.2 Å². The van der Waals surface area contributed by atoms with Gasteiger partial charge in [-0.25, -0.2) is 0 Å². The van der Waals surface area contributed by atoms with Gasteiger partial charge < -0.3 is 15.0 Å². The van der Waals surface area contributed by atoms with Crippen molar-refractivity contribution in [3.63, 3.8) is 0 Å². The standard InChI is InChI=1S/C9H14N2O/c1-7-9(12-5-4-11-7)8-2-3-10-6-8/h2-3,6-7,9-11H,4-5H2,1H3. The van der Waals surface area contributed by atoms with E-state index in [1.54, 1.807) is 0 Å². The first-order valence-corrected chi connectivity index (χ1v) is 4.35. The van der Waals surface area contributed by atoms with Crippen molar-refractivity contribution in [3.05, 3.63) is 24.0 Å². The molecule has 12 heavy (non-hydrogen) atoms. The fraction of sp³-hybridized carbons (Fsp3) is 0.556. The Kier molecular flexibility index (Phi) is 2.15. The minimum Gasteiger partial charge on any atom is -0.371 e. The van der Waals surface area contributed by atoms with Crippen LogP contribution in [0.15, 0.2) is 18.5 Å². The molecule has 2 N–H and O–H groups in total. The van der Waals surface area contributed by atoms with Crippen LogP contribution in [0.5, 0.6) is 0 Å².